The summed E-state index contributed by atoms with van der Waals surface area (Å²) < 4.78 is 5.33. The van der Waals surface area contributed by atoms with Gasteiger partial charge in [0.05, 0.1) is 5.92 Å². The summed E-state index contributed by atoms with van der Waals surface area (Å²) in [6, 6.07) is -0.0974. The fourth-order valence-electron chi connectivity index (χ4n) is 2.04. The predicted molar refractivity (Wildman–Crippen MR) is 65.7 cm³/mol. The van der Waals surface area contributed by atoms with Gasteiger partial charge in [-0.05, 0) is 33.6 Å². The van der Waals surface area contributed by atoms with E-state index in [1.165, 1.54) is 0 Å². The monoisotopic (exact) mass is 239 g/mol. The molecule has 0 aromatic carbocycles. The van der Waals surface area contributed by atoms with Crippen LogP contribution in [-0.4, -0.2) is 35.5 Å². The van der Waals surface area contributed by atoms with Crippen LogP contribution in [0.15, 0.2) is 12.7 Å². The smallest absolute Gasteiger partial charge is 0.410 e. The van der Waals surface area contributed by atoms with Crippen LogP contribution in [0.2, 0.25) is 0 Å². The number of aldehydes is 1. The third-order valence-corrected chi connectivity index (χ3v) is 2.80. The second-order valence-electron chi connectivity index (χ2n) is 5.33. The van der Waals surface area contributed by atoms with Gasteiger partial charge in [-0.1, -0.05) is 6.08 Å². The molecule has 1 aliphatic rings. The molecule has 0 aliphatic carbocycles. The molecule has 0 bridgehead atoms. The van der Waals surface area contributed by atoms with Crippen LogP contribution in [0.3, 0.4) is 0 Å². The van der Waals surface area contributed by atoms with E-state index in [1.54, 1.807) is 11.0 Å². The highest BCUT2D eigenvalue weighted by Gasteiger charge is 2.35. The Kier molecular flexibility index (Phi) is 4.32. The van der Waals surface area contributed by atoms with Crippen molar-refractivity contribution in [2.24, 2.45) is 5.92 Å². The minimum Gasteiger partial charge on any atom is -0.444 e. The molecule has 0 aromatic rings. The molecule has 1 heterocycles. The van der Waals surface area contributed by atoms with Crippen LogP contribution in [0.25, 0.3) is 0 Å². The van der Waals surface area contributed by atoms with Crippen LogP contribution in [-0.2, 0) is 9.53 Å². The molecule has 2 atom stereocenters. The van der Waals surface area contributed by atoms with Crippen molar-refractivity contribution in [2.75, 3.05) is 6.54 Å². The molecule has 0 unspecified atom stereocenters. The first kappa shape index (κ1) is 13.7. The van der Waals surface area contributed by atoms with Crippen molar-refractivity contribution in [3.05, 3.63) is 12.7 Å². The summed E-state index contributed by atoms with van der Waals surface area (Å²) in [5, 5.41) is 0. The zero-order chi connectivity index (χ0) is 13.1. The van der Waals surface area contributed by atoms with E-state index < -0.39 is 5.60 Å². The molecule has 4 nitrogen and oxygen atoms in total. The summed E-state index contributed by atoms with van der Waals surface area (Å²) in [5.74, 6) is -0.301. The quantitative estimate of drug-likeness (QED) is 0.561. The van der Waals surface area contributed by atoms with Crippen molar-refractivity contribution >= 4 is 12.4 Å². The Balaban J connectivity index is 2.72. The Bertz CT molecular complexity index is 298. The van der Waals surface area contributed by atoms with E-state index in [0.717, 1.165) is 19.1 Å². The Morgan fingerprint density at radius 2 is 2.18 bits per heavy atom. The number of nitrogens with zero attached hydrogens (tertiary/aromatic N) is 1. The molecule has 0 saturated carbocycles. The number of rotatable bonds is 3. The number of likely N-dealkylation sites (tertiary alicyclic amines) is 1. The van der Waals surface area contributed by atoms with E-state index in [1.807, 2.05) is 20.8 Å². The molecule has 1 rings (SSSR count). The SMILES string of the molecule is C=C[C@H](C=O)[C@H]1CCCN1C(=O)OC(C)(C)C. The maximum atomic E-state index is 12.0. The molecule has 1 fully saturated rings. The first-order chi connectivity index (χ1) is 7.89. The van der Waals surface area contributed by atoms with Crippen molar-refractivity contribution in [1.82, 2.24) is 4.90 Å². The normalized spacial score (nSPS) is 22.1. The number of hydrogen-bond donors (Lipinski definition) is 0. The van der Waals surface area contributed by atoms with Gasteiger partial charge in [0.15, 0.2) is 0 Å². The van der Waals surface area contributed by atoms with Gasteiger partial charge in [-0.25, -0.2) is 4.79 Å². The highest BCUT2D eigenvalue weighted by Crippen LogP contribution is 2.25. The van der Waals surface area contributed by atoms with E-state index in [2.05, 4.69) is 6.58 Å². The van der Waals surface area contributed by atoms with Gasteiger partial charge >= 0.3 is 6.09 Å². The number of carbonyl (C=O) groups is 2. The molecule has 1 aliphatic heterocycles. The molecule has 0 spiro atoms. The highest BCUT2D eigenvalue weighted by atomic mass is 16.6. The molecule has 17 heavy (non-hydrogen) atoms. The fraction of sp³-hybridized carbons (Fsp3) is 0.692. The Hall–Kier alpha value is -1.32. The standard InChI is InChI=1S/C13H21NO3/c1-5-10(9-15)11-7-6-8-14(11)12(16)17-13(2,3)4/h5,9-11H,1,6-8H2,2-4H3/t10-,11-/m1/s1. The third kappa shape index (κ3) is 3.58. The van der Waals surface area contributed by atoms with Gasteiger partial charge in [0.2, 0.25) is 0 Å². The van der Waals surface area contributed by atoms with Crippen LogP contribution in [0.5, 0.6) is 0 Å². The second-order valence-corrected chi connectivity index (χ2v) is 5.33. The summed E-state index contributed by atoms with van der Waals surface area (Å²) in [4.78, 5) is 24.5. The lowest BCUT2D eigenvalue weighted by atomic mass is 9.99. The largest absolute Gasteiger partial charge is 0.444 e. The van der Waals surface area contributed by atoms with Gasteiger partial charge in [0.1, 0.15) is 11.9 Å². The lowest BCUT2D eigenvalue weighted by Gasteiger charge is -2.30. The van der Waals surface area contributed by atoms with Gasteiger partial charge in [0, 0.05) is 12.6 Å². The van der Waals surface area contributed by atoms with E-state index in [9.17, 15) is 9.59 Å². The molecule has 96 valence electrons. The van der Waals surface area contributed by atoms with Crippen molar-refractivity contribution in [3.63, 3.8) is 0 Å². The first-order valence-electron chi connectivity index (χ1n) is 5.96. The van der Waals surface area contributed by atoms with Crippen LogP contribution < -0.4 is 0 Å². The maximum absolute atomic E-state index is 12.0. The second kappa shape index (κ2) is 5.34. The average molecular weight is 239 g/mol. The predicted octanol–water partition coefficient (Wildman–Crippen LogP) is 2.39. The zero-order valence-electron chi connectivity index (χ0n) is 10.8. The van der Waals surface area contributed by atoms with Crippen molar-refractivity contribution in [1.29, 1.82) is 0 Å². The zero-order valence-corrected chi connectivity index (χ0v) is 10.8. The molecule has 1 saturated heterocycles. The maximum Gasteiger partial charge on any atom is 0.410 e. The summed E-state index contributed by atoms with van der Waals surface area (Å²) in [6.45, 7) is 9.79. The minimum atomic E-state index is -0.505. The van der Waals surface area contributed by atoms with Crippen LogP contribution in [0, 0.1) is 5.92 Å². The highest BCUT2D eigenvalue weighted by molar-refractivity contribution is 5.70. The first-order valence-corrected chi connectivity index (χ1v) is 5.96. The molecule has 4 heteroatoms. The Morgan fingerprint density at radius 1 is 1.53 bits per heavy atom. The molecule has 0 radical (unpaired) electrons. The summed E-state index contributed by atoms with van der Waals surface area (Å²) >= 11 is 0. The van der Waals surface area contributed by atoms with Gasteiger partial charge in [-0.15, -0.1) is 6.58 Å². The van der Waals surface area contributed by atoms with Gasteiger partial charge in [-0.3, -0.25) is 0 Å². The van der Waals surface area contributed by atoms with Gasteiger partial charge < -0.3 is 14.4 Å². The average Bonchev–Trinajstić information content (AvgIpc) is 2.66. The van der Waals surface area contributed by atoms with Crippen LogP contribution in [0.4, 0.5) is 4.79 Å². The lowest BCUT2D eigenvalue weighted by molar-refractivity contribution is -0.111. The van der Waals surface area contributed by atoms with Gasteiger partial charge in [0.25, 0.3) is 0 Å². The molecule has 1 amide bonds. The van der Waals surface area contributed by atoms with Crippen LogP contribution in [0.1, 0.15) is 33.6 Å². The molecule has 0 aromatic heterocycles. The van der Waals surface area contributed by atoms with E-state index >= 15 is 0 Å². The molecular formula is C13H21NO3. The summed E-state index contributed by atoms with van der Waals surface area (Å²) in [6.07, 6.45) is 3.84. The molecular weight excluding hydrogens is 218 g/mol. The number of carbonyl (C=O) groups excluding carboxylic acids is 2. The van der Waals surface area contributed by atoms with Crippen molar-refractivity contribution in [3.8, 4) is 0 Å². The van der Waals surface area contributed by atoms with Crippen molar-refractivity contribution in [2.45, 2.75) is 45.3 Å². The summed E-state index contributed by atoms with van der Waals surface area (Å²) in [5.41, 5.74) is -0.505. The number of ether oxygens (including phenoxy) is 1. The van der Waals surface area contributed by atoms with Gasteiger partial charge in [-0.2, -0.15) is 0 Å². The summed E-state index contributed by atoms with van der Waals surface area (Å²) in [7, 11) is 0. The Labute approximate surface area is 103 Å². The number of amides is 1. The van der Waals surface area contributed by atoms with Crippen LogP contribution >= 0.6 is 0 Å². The Morgan fingerprint density at radius 3 is 2.65 bits per heavy atom. The number of hydrogen-bond acceptors (Lipinski definition) is 3. The van der Waals surface area contributed by atoms with Crippen molar-refractivity contribution < 1.29 is 14.3 Å². The van der Waals surface area contributed by atoms with E-state index in [0.29, 0.717) is 6.54 Å². The topological polar surface area (TPSA) is 46.6 Å². The van der Waals surface area contributed by atoms with E-state index in [-0.39, 0.29) is 18.1 Å². The molecule has 0 N–H and O–H groups in total. The lowest BCUT2D eigenvalue weighted by Crippen LogP contribution is -2.43. The fourth-order valence-corrected chi connectivity index (χ4v) is 2.04. The van der Waals surface area contributed by atoms with E-state index in [4.69, 9.17) is 4.74 Å². The third-order valence-electron chi connectivity index (χ3n) is 2.80. The minimum absolute atomic E-state index is 0.0974.